The molecule has 3 rings (SSSR count). The second-order valence-corrected chi connectivity index (χ2v) is 8.92. The second kappa shape index (κ2) is 5.99. The Morgan fingerprint density at radius 2 is 2.04 bits per heavy atom. The monoisotopic (exact) mass is 346 g/mol. The summed E-state index contributed by atoms with van der Waals surface area (Å²) in [5.74, 6) is 0.464. The molecule has 0 saturated heterocycles. The molecule has 1 aliphatic rings. The van der Waals surface area contributed by atoms with Crippen LogP contribution in [-0.2, 0) is 5.54 Å². The molecule has 2 aromatic heterocycles. The van der Waals surface area contributed by atoms with E-state index in [4.69, 9.17) is 5.10 Å². The Morgan fingerprint density at radius 3 is 2.54 bits per heavy atom. The molecule has 2 heterocycles. The van der Waals surface area contributed by atoms with Crippen LogP contribution in [0, 0.1) is 13.8 Å². The summed E-state index contributed by atoms with van der Waals surface area (Å²) in [6.07, 6.45) is 2.36. The number of hydrogen-bond donors (Lipinski definition) is 1. The van der Waals surface area contributed by atoms with Gasteiger partial charge in [0.2, 0.25) is 0 Å². The van der Waals surface area contributed by atoms with Crippen LogP contribution in [0.1, 0.15) is 84.3 Å². The summed E-state index contributed by atoms with van der Waals surface area (Å²) in [6, 6.07) is 1.91. The minimum absolute atomic E-state index is 0.0589. The van der Waals surface area contributed by atoms with Crippen LogP contribution >= 0.6 is 11.3 Å². The topological polar surface area (TPSA) is 59.8 Å². The number of hydrogen-bond acceptors (Lipinski definition) is 4. The Kier molecular flexibility index (Phi) is 4.28. The third-order valence-corrected chi connectivity index (χ3v) is 5.53. The van der Waals surface area contributed by atoms with E-state index < -0.39 is 0 Å². The molecule has 1 fully saturated rings. The summed E-state index contributed by atoms with van der Waals surface area (Å²) in [6.45, 7) is 12.2. The van der Waals surface area contributed by atoms with Gasteiger partial charge in [-0.15, -0.1) is 11.3 Å². The molecule has 24 heavy (non-hydrogen) atoms. The molecule has 1 N–H and O–H groups in total. The molecular formula is C18H26N4OS. The highest BCUT2D eigenvalue weighted by Gasteiger charge is 2.31. The van der Waals surface area contributed by atoms with Crippen molar-refractivity contribution in [3.8, 4) is 0 Å². The molecule has 5 nitrogen and oxygen atoms in total. The normalized spacial score (nSPS) is 16.2. The lowest BCUT2D eigenvalue weighted by Crippen LogP contribution is -2.33. The lowest BCUT2D eigenvalue weighted by atomic mass is 10.1. The number of thiazole rings is 1. The van der Waals surface area contributed by atoms with Crippen LogP contribution in [0.3, 0.4) is 0 Å². The number of aromatic nitrogens is 3. The predicted octanol–water partition coefficient (Wildman–Crippen LogP) is 4.08. The first-order chi connectivity index (χ1) is 11.2. The number of carbonyl (C=O) groups is 1. The van der Waals surface area contributed by atoms with E-state index in [0.717, 1.165) is 21.3 Å². The first-order valence-corrected chi connectivity index (χ1v) is 9.33. The van der Waals surface area contributed by atoms with Gasteiger partial charge < -0.3 is 5.32 Å². The number of rotatable bonds is 4. The van der Waals surface area contributed by atoms with E-state index in [1.807, 2.05) is 31.5 Å². The van der Waals surface area contributed by atoms with Gasteiger partial charge in [0.1, 0.15) is 5.69 Å². The summed E-state index contributed by atoms with van der Waals surface area (Å²) < 4.78 is 1.87. The zero-order chi connectivity index (χ0) is 17.6. The van der Waals surface area contributed by atoms with E-state index in [0.29, 0.717) is 11.6 Å². The van der Waals surface area contributed by atoms with Crippen LogP contribution in [-0.4, -0.2) is 20.7 Å². The van der Waals surface area contributed by atoms with Crippen LogP contribution in [0.4, 0.5) is 0 Å². The molecule has 0 spiro atoms. The number of carbonyl (C=O) groups excluding carboxylic acids is 1. The second-order valence-electron chi connectivity index (χ2n) is 7.69. The van der Waals surface area contributed by atoms with Crippen molar-refractivity contribution in [2.45, 2.75) is 71.9 Å². The number of nitrogens with one attached hydrogen (secondary N) is 1. The van der Waals surface area contributed by atoms with Crippen molar-refractivity contribution in [2.75, 3.05) is 0 Å². The van der Waals surface area contributed by atoms with Crippen LogP contribution in [0.2, 0.25) is 0 Å². The van der Waals surface area contributed by atoms with Crippen LogP contribution in [0.25, 0.3) is 0 Å². The maximum absolute atomic E-state index is 12.9. The molecule has 0 bridgehead atoms. The van der Waals surface area contributed by atoms with Gasteiger partial charge in [-0.1, -0.05) is 0 Å². The summed E-state index contributed by atoms with van der Waals surface area (Å²) in [5, 5.41) is 8.86. The number of amides is 1. The summed E-state index contributed by atoms with van der Waals surface area (Å²) >= 11 is 1.64. The maximum Gasteiger partial charge on any atom is 0.270 e. The van der Waals surface area contributed by atoms with Crippen molar-refractivity contribution in [1.82, 2.24) is 20.1 Å². The van der Waals surface area contributed by atoms with Gasteiger partial charge in [0.05, 0.1) is 28.0 Å². The Bertz CT molecular complexity index is 765. The lowest BCUT2D eigenvalue weighted by Gasteiger charge is -2.22. The molecule has 1 atom stereocenters. The molecule has 130 valence electrons. The Morgan fingerprint density at radius 1 is 1.38 bits per heavy atom. The molecule has 0 aromatic carbocycles. The van der Waals surface area contributed by atoms with E-state index in [1.165, 1.54) is 12.8 Å². The van der Waals surface area contributed by atoms with E-state index in [-0.39, 0.29) is 17.5 Å². The van der Waals surface area contributed by atoms with Crippen molar-refractivity contribution in [3.63, 3.8) is 0 Å². The zero-order valence-electron chi connectivity index (χ0n) is 15.3. The van der Waals surface area contributed by atoms with Gasteiger partial charge in [-0.2, -0.15) is 5.10 Å². The van der Waals surface area contributed by atoms with Crippen molar-refractivity contribution >= 4 is 17.2 Å². The van der Waals surface area contributed by atoms with Crippen molar-refractivity contribution in [1.29, 1.82) is 0 Å². The van der Waals surface area contributed by atoms with E-state index >= 15 is 0 Å². The highest BCUT2D eigenvalue weighted by Crippen LogP contribution is 2.40. The molecule has 0 radical (unpaired) electrons. The molecule has 2 aromatic rings. The van der Waals surface area contributed by atoms with Crippen molar-refractivity contribution in [2.24, 2.45) is 0 Å². The third kappa shape index (κ3) is 3.38. The summed E-state index contributed by atoms with van der Waals surface area (Å²) in [4.78, 5) is 18.5. The Balaban J connectivity index is 1.85. The fraction of sp³-hybridized carbons (Fsp3) is 0.611. The fourth-order valence-corrected chi connectivity index (χ4v) is 3.87. The van der Waals surface area contributed by atoms with Crippen molar-refractivity contribution in [3.05, 3.63) is 33.0 Å². The Hall–Kier alpha value is -1.69. The molecule has 1 amide bonds. The molecule has 0 aliphatic heterocycles. The minimum Gasteiger partial charge on any atom is -0.343 e. The Labute approximate surface area is 147 Å². The number of aryl methyl sites for hydroxylation is 2. The molecule has 0 unspecified atom stereocenters. The molecule has 6 heteroatoms. The summed E-state index contributed by atoms with van der Waals surface area (Å²) in [5.41, 5.74) is 2.47. The van der Waals surface area contributed by atoms with Gasteiger partial charge in [0.25, 0.3) is 5.91 Å². The average molecular weight is 347 g/mol. The van der Waals surface area contributed by atoms with Gasteiger partial charge in [0, 0.05) is 10.8 Å². The van der Waals surface area contributed by atoms with Crippen LogP contribution < -0.4 is 5.32 Å². The zero-order valence-corrected chi connectivity index (χ0v) is 16.1. The third-order valence-electron chi connectivity index (χ3n) is 4.27. The predicted molar refractivity (Wildman–Crippen MR) is 96.7 cm³/mol. The summed E-state index contributed by atoms with van der Waals surface area (Å²) in [7, 11) is 0. The van der Waals surface area contributed by atoms with Gasteiger partial charge >= 0.3 is 0 Å². The van der Waals surface area contributed by atoms with Crippen LogP contribution in [0.15, 0.2) is 6.07 Å². The van der Waals surface area contributed by atoms with E-state index in [9.17, 15) is 4.79 Å². The quantitative estimate of drug-likeness (QED) is 0.907. The maximum atomic E-state index is 12.9. The molecule has 1 aliphatic carbocycles. The minimum atomic E-state index is -0.222. The lowest BCUT2D eigenvalue weighted by molar-refractivity contribution is 0.0922. The SMILES string of the molecule is Cc1nc(C)c([C@@H](C)NC(=O)c2cc(C3CC3)nn2C(C)(C)C)s1. The standard InChI is InChI=1S/C18H26N4OS/c1-10-16(24-12(3)19-10)11(2)20-17(23)15-9-14(13-7-8-13)21-22(15)18(4,5)6/h9,11,13H,7-8H2,1-6H3,(H,20,23)/t11-/m1/s1. The van der Waals surface area contributed by atoms with Gasteiger partial charge in [-0.05, 0) is 60.5 Å². The number of nitrogens with zero attached hydrogens (tertiary/aromatic N) is 3. The van der Waals surface area contributed by atoms with Gasteiger partial charge in [0.15, 0.2) is 0 Å². The smallest absolute Gasteiger partial charge is 0.270 e. The van der Waals surface area contributed by atoms with E-state index in [1.54, 1.807) is 11.3 Å². The van der Waals surface area contributed by atoms with Gasteiger partial charge in [-0.3, -0.25) is 9.48 Å². The fourth-order valence-electron chi connectivity index (χ4n) is 2.94. The van der Waals surface area contributed by atoms with Gasteiger partial charge in [-0.25, -0.2) is 4.98 Å². The average Bonchev–Trinajstić information content (AvgIpc) is 3.11. The molecular weight excluding hydrogens is 320 g/mol. The van der Waals surface area contributed by atoms with Crippen molar-refractivity contribution < 1.29 is 4.79 Å². The van der Waals surface area contributed by atoms with E-state index in [2.05, 4.69) is 31.1 Å². The first-order valence-electron chi connectivity index (χ1n) is 8.52. The first kappa shape index (κ1) is 17.1. The largest absolute Gasteiger partial charge is 0.343 e. The highest BCUT2D eigenvalue weighted by atomic mass is 32.1. The van der Waals surface area contributed by atoms with Crippen LogP contribution in [0.5, 0.6) is 0 Å². The highest BCUT2D eigenvalue weighted by molar-refractivity contribution is 7.11. The molecule has 1 saturated carbocycles.